The summed E-state index contributed by atoms with van der Waals surface area (Å²) in [7, 11) is -3.68. The van der Waals surface area contributed by atoms with Crippen LogP contribution in [0.25, 0.3) is 0 Å². The summed E-state index contributed by atoms with van der Waals surface area (Å²) in [5.74, 6) is -0.496. The lowest BCUT2D eigenvalue weighted by atomic mass is 10.0. The van der Waals surface area contributed by atoms with Gasteiger partial charge in [0.15, 0.2) is 0 Å². The molecule has 1 aromatic carbocycles. The van der Waals surface area contributed by atoms with E-state index >= 15 is 0 Å². The summed E-state index contributed by atoms with van der Waals surface area (Å²) in [6, 6.07) is 11.9. The Morgan fingerprint density at radius 2 is 1.83 bits per heavy atom. The Hall–Kier alpha value is -1.70. The van der Waals surface area contributed by atoms with Crippen LogP contribution in [0.1, 0.15) is 19.4 Å². The second kappa shape index (κ2) is 7.72. The van der Waals surface area contributed by atoms with Crippen LogP contribution in [0.2, 0.25) is 0 Å². The second-order valence-electron chi connectivity index (χ2n) is 5.48. The van der Waals surface area contributed by atoms with E-state index in [1.54, 1.807) is 11.4 Å². The quantitative estimate of drug-likeness (QED) is 0.803. The lowest BCUT2D eigenvalue weighted by Crippen LogP contribution is -2.49. The predicted molar refractivity (Wildman–Crippen MR) is 91.6 cm³/mol. The van der Waals surface area contributed by atoms with Crippen LogP contribution >= 0.6 is 11.3 Å². The average Bonchev–Trinajstić information content (AvgIpc) is 3.06. The summed E-state index contributed by atoms with van der Waals surface area (Å²) in [6.07, 6.45) is 0. The van der Waals surface area contributed by atoms with Crippen LogP contribution in [-0.2, 0) is 21.4 Å². The summed E-state index contributed by atoms with van der Waals surface area (Å²) in [6.45, 7) is 3.98. The minimum atomic E-state index is -3.68. The van der Waals surface area contributed by atoms with Crippen molar-refractivity contribution in [2.24, 2.45) is 5.92 Å². The molecule has 23 heavy (non-hydrogen) atoms. The smallest absolute Gasteiger partial charge is 0.250 e. The van der Waals surface area contributed by atoms with Gasteiger partial charge in [-0.25, -0.2) is 8.42 Å². The number of sulfonamides is 1. The van der Waals surface area contributed by atoms with E-state index in [-0.39, 0.29) is 16.0 Å². The number of benzene rings is 1. The number of carbonyl (C=O) groups excluding carboxylic acids is 1. The van der Waals surface area contributed by atoms with Crippen molar-refractivity contribution in [3.8, 4) is 0 Å². The Morgan fingerprint density at radius 1 is 1.13 bits per heavy atom. The first-order chi connectivity index (χ1) is 10.9. The molecule has 1 aromatic heterocycles. The van der Waals surface area contributed by atoms with Crippen molar-refractivity contribution in [3.05, 3.63) is 53.4 Å². The predicted octanol–water partition coefficient (Wildman–Crippen LogP) is 2.37. The molecular weight excluding hydrogens is 332 g/mol. The molecule has 7 heteroatoms. The zero-order chi connectivity index (χ0) is 16.9. The Balaban J connectivity index is 2.05. The maximum atomic E-state index is 12.4. The summed E-state index contributed by atoms with van der Waals surface area (Å²) in [4.78, 5) is 12.4. The molecule has 2 N–H and O–H groups in total. The van der Waals surface area contributed by atoms with Crippen LogP contribution in [0.5, 0.6) is 0 Å². The Morgan fingerprint density at radius 3 is 2.39 bits per heavy atom. The number of hydrogen-bond donors (Lipinski definition) is 2. The van der Waals surface area contributed by atoms with E-state index in [0.717, 1.165) is 16.9 Å². The van der Waals surface area contributed by atoms with E-state index in [1.165, 1.54) is 6.07 Å². The van der Waals surface area contributed by atoms with E-state index in [4.69, 9.17) is 0 Å². The first-order valence-corrected chi connectivity index (χ1v) is 9.64. The molecule has 1 heterocycles. The third-order valence-corrected chi connectivity index (χ3v) is 6.14. The van der Waals surface area contributed by atoms with Crippen molar-refractivity contribution >= 4 is 27.3 Å². The zero-order valence-corrected chi connectivity index (χ0v) is 14.7. The third kappa shape index (κ3) is 4.89. The number of thiophene rings is 1. The van der Waals surface area contributed by atoms with Gasteiger partial charge >= 0.3 is 0 Å². The molecule has 0 radical (unpaired) electrons. The van der Waals surface area contributed by atoms with Crippen LogP contribution in [0, 0.1) is 5.92 Å². The molecule has 0 aliphatic carbocycles. The highest BCUT2D eigenvalue weighted by molar-refractivity contribution is 7.91. The van der Waals surface area contributed by atoms with Gasteiger partial charge in [0, 0.05) is 6.54 Å². The van der Waals surface area contributed by atoms with Crippen LogP contribution in [0.15, 0.2) is 52.1 Å². The van der Waals surface area contributed by atoms with Gasteiger partial charge in [0.2, 0.25) is 5.91 Å². The van der Waals surface area contributed by atoms with Gasteiger partial charge in [-0.05, 0) is 22.9 Å². The van der Waals surface area contributed by atoms with Gasteiger partial charge in [0.25, 0.3) is 10.0 Å². The van der Waals surface area contributed by atoms with Gasteiger partial charge in [0.1, 0.15) is 10.3 Å². The molecule has 0 aliphatic heterocycles. The van der Waals surface area contributed by atoms with Crippen molar-refractivity contribution in [2.75, 3.05) is 0 Å². The van der Waals surface area contributed by atoms with Crippen LogP contribution in [0.3, 0.4) is 0 Å². The first-order valence-electron chi connectivity index (χ1n) is 7.27. The molecule has 0 bridgehead atoms. The fourth-order valence-corrected chi connectivity index (χ4v) is 4.38. The summed E-state index contributed by atoms with van der Waals surface area (Å²) < 4.78 is 27.3. The monoisotopic (exact) mass is 352 g/mol. The number of carbonyl (C=O) groups is 1. The molecule has 5 nitrogen and oxygen atoms in total. The van der Waals surface area contributed by atoms with Crippen molar-refractivity contribution < 1.29 is 13.2 Å². The fourth-order valence-electron chi connectivity index (χ4n) is 2.03. The molecule has 0 spiro atoms. The molecule has 124 valence electrons. The maximum absolute atomic E-state index is 12.4. The molecule has 2 aromatic rings. The minimum absolute atomic E-state index is 0.166. The summed E-state index contributed by atoms with van der Waals surface area (Å²) >= 11 is 1.12. The van der Waals surface area contributed by atoms with Gasteiger partial charge in [0.05, 0.1) is 0 Å². The number of nitrogens with one attached hydrogen (secondary N) is 2. The summed E-state index contributed by atoms with van der Waals surface area (Å²) in [5.41, 5.74) is 0.962. The number of hydrogen-bond acceptors (Lipinski definition) is 4. The first kappa shape index (κ1) is 17.7. The Bertz CT molecular complexity index is 726. The SMILES string of the molecule is CC(C)[C@H](NS(=O)(=O)c1cccs1)C(=O)NCc1ccccc1. The van der Waals surface area contributed by atoms with E-state index in [9.17, 15) is 13.2 Å². The highest BCUT2D eigenvalue weighted by Gasteiger charge is 2.28. The van der Waals surface area contributed by atoms with E-state index in [1.807, 2.05) is 44.2 Å². The second-order valence-corrected chi connectivity index (χ2v) is 8.37. The lowest BCUT2D eigenvalue weighted by Gasteiger charge is -2.21. The van der Waals surface area contributed by atoms with E-state index in [0.29, 0.717) is 6.54 Å². The Labute approximate surface area is 140 Å². The van der Waals surface area contributed by atoms with Crippen molar-refractivity contribution in [1.29, 1.82) is 0 Å². The van der Waals surface area contributed by atoms with Gasteiger partial charge in [-0.15, -0.1) is 11.3 Å². The van der Waals surface area contributed by atoms with Gasteiger partial charge in [-0.3, -0.25) is 4.79 Å². The molecular formula is C16H20N2O3S2. The molecule has 0 saturated carbocycles. The molecule has 0 fully saturated rings. The molecule has 0 unspecified atom stereocenters. The van der Waals surface area contributed by atoms with Gasteiger partial charge in [-0.2, -0.15) is 4.72 Å². The van der Waals surface area contributed by atoms with Crippen molar-refractivity contribution in [3.63, 3.8) is 0 Å². The van der Waals surface area contributed by atoms with Gasteiger partial charge < -0.3 is 5.32 Å². The largest absolute Gasteiger partial charge is 0.351 e. The fraction of sp³-hybridized carbons (Fsp3) is 0.312. The Kier molecular flexibility index (Phi) is 5.92. The highest BCUT2D eigenvalue weighted by Crippen LogP contribution is 2.17. The third-order valence-electron chi connectivity index (χ3n) is 3.30. The van der Waals surface area contributed by atoms with Crippen LogP contribution in [0.4, 0.5) is 0 Å². The lowest BCUT2D eigenvalue weighted by molar-refractivity contribution is -0.123. The normalized spacial score (nSPS) is 13.0. The highest BCUT2D eigenvalue weighted by atomic mass is 32.2. The number of amides is 1. The molecule has 1 amide bonds. The van der Waals surface area contributed by atoms with E-state index < -0.39 is 16.1 Å². The average molecular weight is 352 g/mol. The maximum Gasteiger partial charge on any atom is 0.250 e. The van der Waals surface area contributed by atoms with E-state index in [2.05, 4.69) is 10.0 Å². The molecule has 2 rings (SSSR count). The van der Waals surface area contributed by atoms with Crippen molar-refractivity contribution in [2.45, 2.75) is 30.6 Å². The molecule has 0 saturated heterocycles. The minimum Gasteiger partial charge on any atom is -0.351 e. The van der Waals surface area contributed by atoms with Crippen molar-refractivity contribution in [1.82, 2.24) is 10.0 Å². The van der Waals surface area contributed by atoms with Gasteiger partial charge in [-0.1, -0.05) is 50.2 Å². The molecule has 0 aliphatic rings. The number of rotatable bonds is 7. The van der Waals surface area contributed by atoms with Crippen LogP contribution in [-0.4, -0.2) is 20.4 Å². The standard InChI is InChI=1S/C16H20N2O3S2/c1-12(2)15(18-23(20,21)14-9-6-10-22-14)16(19)17-11-13-7-4-3-5-8-13/h3-10,12,15,18H,11H2,1-2H3,(H,17,19)/t15-/m0/s1. The zero-order valence-electron chi connectivity index (χ0n) is 13.0. The van der Waals surface area contributed by atoms with Crippen LogP contribution < -0.4 is 10.0 Å². The summed E-state index contributed by atoms with van der Waals surface area (Å²) in [5, 5.41) is 4.47. The topological polar surface area (TPSA) is 75.3 Å². The molecule has 1 atom stereocenters.